The van der Waals surface area contributed by atoms with Crippen molar-refractivity contribution in [1.29, 1.82) is 0 Å². The second-order valence-corrected chi connectivity index (χ2v) is 12.1. The van der Waals surface area contributed by atoms with E-state index < -0.39 is 53.5 Å². The molecule has 0 saturated carbocycles. The van der Waals surface area contributed by atoms with Crippen LogP contribution in [-0.2, 0) is 30.4 Å². The minimum absolute atomic E-state index is 0. The fourth-order valence-corrected chi connectivity index (χ4v) is 5.07. The molecule has 0 aromatic heterocycles. The van der Waals surface area contributed by atoms with Crippen molar-refractivity contribution in [2.75, 3.05) is 32.7 Å². The van der Waals surface area contributed by atoms with Gasteiger partial charge in [-0.15, -0.1) is 0 Å². The molecule has 46 heavy (non-hydrogen) atoms. The first-order valence-electron chi connectivity index (χ1n) is 15.7. The maximum Gasteiger partial charge on any atom is 0.290 e. The molecule has 2 aromatic rings. The molecular formula is C34H54N6O6. The van der Waals surface area contributed by atoms with Crippen LogP contribution in [0, 0.1) is 5.92 Å². The fourth-order valence-electron chi connectivity index (χ4n) is 5.07. The zero-order chi connectivity index (χ0) is 33.8. The number of hydrogen-bond acceptors (Lipinski definition) is 7. The maximum absolute atomic E-state index is 13.3. The Morgan fingerprint density at radius 2 is 1.33 bits per heavy atom. The molecule has 5 amide bonds. The van der Waals surface area contributed by atoms with E-state index in [9.17, 15) is 28.8 Å². The monoisotopic (exact) mass is 642 g/mol. The lowest BCUT2D eigenvalue weighted by atomic mass is 9.98. The fraction of sp³-hybridized carbons (Fsp3) is 0.471. The first-order valence-corrected chi connectivity index (χ1v) is 15.7. The number of Topliss-reactive ketones (excluding diaryl/α,β-unsaturated/α-hetero) is 1. The van der Waals surface area contributed by atoms with Crippen LogP contribution in [0.3, 0.4) is 0 Å². The van der Waals surface area contributed by atoms with E-state index in [1.54, 1.807) is 49.1 Å². The summed E-state index contributed by atoms with van der Waals surface area (Å²) in [5.41, 5.74) is 1.19. The number of amides is 5. The average molecular weight is 643 g/mol. The first-order chi connectivity index (χ1) is 21.9. The van der Waals surface area contributed by atoms with Crippen molar-refractivity contribution in [3.63, 3.8) is 0 Å². The van der Waals surface area contributed by atoms with Crippen LogP contribution in [0.5, 0.6) is 0 Å². The molecule has 12 nitrogen and oxygen atoms in total. The number of hydrogen-bond donors (Lipinski definition) is 4. The topological polar surface area (TPSA) is 157 Å². The lowest BCUT2D eigenvalue weighted by Gasteiger charge is -2.37. The summed E-state index contributed by atoms with van der Waals surface area (Å²) in [5, 5.41) is 10.3. The highest BCUT2D eigenvalue weighted by Gasteiger charge is 2.33. The summed E-state index contributed by atoms with van der Waals surface area (Å²) < 4.78 is 0. The second-order valence-electron chi connectivity index (χ2n) is 12.1. The minimum Gasteiger partial charge on any atom is -0.344 e. The summed E-state index contributed by atoms with van der Waals surface area (Å²) in [4.78, 5) is 81.7. The third-order valence-electron chi connectivity index (χ3n) is 7.96. The van der Waals surface area contributed by atoms with Crippen LogP contribution in [0.1, 0.15) is 56.2 Å². The first kappa shape index (κ1) is 35.9. The molecule has 0 aliphatic carbocycles. The van der Waals surface area contributed by atoms with E-state index in [0.717, 1.165) is 18.7 Å². The van der Waals surface area contributed by atoms with E-state index >= 15 is 0 Å². The lowest BCUT2D eigenvalue weighted by molar-refractivity contribution is -0.142. The van der Waals surface area contributed by atoms with E-state index in [-0.39, 0.29) is 24.6 Å². The third kappa shape index (κ3) is 10.5. The van der Waals surface area contributed by atoms with Crippen molar-refractivity contribution in [3.8, 4) is 0 Å². The predicted molar refractivity (Wildman–Crippen MR) is 182 cm³/mol. The van der Waals surface area contributed by atoms with Gasteiger partial charge in [0.05, 0.1) is 12.6 Å². The molecule has 1 saturated heterocycles. The number of nitrogens with one attached hydrogen (secondary N) is 4. The average Bonchev–Trinajstić information content (AvgIpc) is 3.05. The third-order valence-corrected chi connectivity index (χ3v) is 7.96. The highest BCUT2D eigenvalue weighted by atomic mass is 16.2. The van der Waals surface area contributed by atoms with Crippen LogP contribution >= 0.6 is 0 Å². The zero-order valence-electron chi connectivity index (χ0n) is 27.2. The largest absolute Gasteiger partial charge is 0.344 e. The molecule has 1 heterocycles. The second kappa shape index (κ2) is 17.2. The molecule has 0 spiro atoms. The standard InChI is InChI=1S/C34H46N6O6.4H2/c1-22(2)29(30(42)34(46)35-21-28(41)40-18-16-39(17-19-40)23(3)4)38-31(43)24(5)36-33(45)27(20-25-12-8-6-9-13-25)37-32(44)26-14-10-7-11-15-26;;;;/h6-15,22-24,27,29H,16-21H2,1-5H3,(H,35,46)(H,36,45)(H,37,44)(H,38,43);4*1H/t24-,27-,29-;;;;/m0..../s1. The van der Waals surface area contributed by atoms with Gasteiger partial charge in [0.25, 0.3) is 11.8 Å². The van der Waals surface area contributed by atoms with Gasteiger partial charge in [0.1, 0.15) is 12.1 Å². The van der Waals surface area contributed by atoms with Crippen LogP contribution in [0.15, 0.2) is 60.7 Å². The van der Waals surface area contributed by atoms with E-state index in [1.807, 2.05) is 30.3 Å². The van der Waals surface area contributed by atoms with Gasteiger partial charge < -0.3 is 26.2 Å². The Kier molecular flexibility index (Phi) is 13.4. The van der Waals surface area contributed by atoms with E-state index in [0.29, 0.717) is 24.7 Å². The van der Waals surface area contributed by atoms with E-state index in [2.05, 4.69) is 40.0 Å². The van der Waals surface area contributed by atoms with Crippen molar-refractivity contribution in [1.82, 2.24) is 31.1 Å². The molecule has 3 atom stereocenters. The molecule has 1 fully saturated rings. The maximum atomic E-state index is 13.3. The summed E-state index contributed by atoms with van der Waals surface area (Å²) in [6, 6.07) is 14.7. The van der Waals surface area contributed by atoms with Gasteiger partial charge in [0, 0.05) is 49.9 Å². The Morgan fingerprint density at radius 3 is 1.89 bits per heavy atom. The van der Waals surface area contributed by atoms with Crippen LogP contribution in [0.2, 0.25) is 0 Å². The minimum atomic E-state index is -1.19. The van der Waals surface area contributed by atoms with Crippen molar-refractivity contribution in [2.45, 2.75) is 65.2 Å². The summed E-state index contributed by atoms with van der Waals surface area (Å²) in [5.74, 6) is -4.32. The number of carbonyl (C=O) groups excluding carboxylic acids is 6. The molecule has 0 bridgehead atoms. The van der Waals surface area contributed by atoms with Crippen LogP contribution < -0.4 is 21.3 Å². The normalized spacial score (nSPS) is 15.4. The molecule has 1 aliphatic rings. The molecule has 3 rings (SSSR count). The summed E-state index contributed by atoms with van der Waals surface area (Å²) in [6.07, 6.45) is 0.180. The molecule has 2 aromatic carbocycles. The van der Waals surface area contributed by atoms with Crippen molar-refractivity contribution < 1.29 is 34.5 Å². The zero-order valence-corrected chi connectivity index (χ0v) is 27.2. The molecule has 0 unspecified atom stereocenters. The molecule has 256 valence electrons. The molecule has 12 heteroatoms. The highest BCUT2D eigenvalue weighted by Crippen LogP contribution is 2.09. The molecule has 4 N–H and O–H groups in total. The molecule has 1 aliphatic heterocycles. The predicted octanol–water partition coefficient (Wildman–Crippen LogP) is 1.90. The number of benzene rings is 2. The Bertz CT molecular complexity index is 1380. The summed E-state index contributed by atoms with van der Waals surface area (Å²) in [6.45, 7) is 11.2. The van der Waals surface area contributed by atoms with Crippen molar-refractivity contribution >= 4 is 35.3 Å². The Morgan fingerprint density at radius 1 is 0.739 bits per heavy atom. The molecule has 0 radical (unpaired) electrons. The lowest BCUT2D eigenvalue weighted by Crippen LogP contribution is -2.57. The van der Waals surface area contributed by atoms with Gasteiger partial charge in [0.2, 0.25) is 23.5 Å². The Labute approximate surface area is 276 Å². The highest BCUT2D eigenvalue weighted by molar-refractivity contribution is 6.38. The van der Waals surface area contributed by atoms with Crippen LogP contribution in [-0.4, -0.2) is 102 Å². The van der Waals surface area contributed by atoms with Gasteiger partial charge >= 0.3 is 0 Å². The van der Waals surface area contributed by atoms with Gasteiger partial charge in [0.15, 0.2) is 0 Å². The van der Waals surface area contributed by atoms with E-state index in [1.165, 1.54) is 6.92 Å². The van der Waals surface area contributed by atoms with Gasteiger partial charge in [-0.05, 0) is 44.4 Å². The number of rotatable bonds is 14. The SMILES string of the molecule is CC(C)[C@H](NC(=O)[C@H](C)NC(=O)[C@H](Cc1ccccc1)NC(=O)c1ccccc1)C(=O)C(=O)NCC(=O)N1CCN(C(C)C)CC1.[HH].[HH].[HH].[HH]. The quantitative estimate of drug-likeness (QED) is 0.229. The number of carbonyl (C=O) groups is 6. The molecular weight excluding hydrogens is 588 g/mol. The smallest absolute Gasteiger partial charge is 0.290 e. The van der Waals surface area contributed by atoms with Gasteiger partial charge in [-0.1, -0.05) is 62.4 Å². The van der Waals surface area contributed by atoms with Crippen molar-refractivity contribution in [2.24, 2.45) is 5.92 Å². The Balaban J connectivity index is 0. The van der Waals surface area contributed by atoms with Gasteiger partial charge in [-0.2, -0.15) is 0 Å². The van der Waals surface area contributed by atoms with Gasteiger partial charge in [-0.3, -0.25) is 33.7 Å². The number of nitrogens with zero attached hydrogens (tertiary/aromatic N) is 2. The summed E-state index contributed by atoms with van der Waals surface area (Å²) >= 11 is 0. The Hall–Kier alpha value is -4.58. The van der Waals surface area contributed by atoms with Crippen molar-refractivity contribution in [3.05, 3.63) is 71.8 Å². The number of ketones is 1. The van der Waals surface area contributed by atoms with Gasteiger partial charge in [-0.25, -0.2) is 0 Å². The van der Waals surface area contributed by atoms with Crippen LogP contribution in [0.4, 0.5) is 0 Å². The summed E-state index contributed by atoms with van der Waals surface area (Å²) in [7, 11) is 0. The van der Waals surface area contributed by atoms with E-state index in [4.69, 9.17) is 0 Å². The van der Waals surface area contributed by atoms with Crippen LogP contribution in [0.25, 0.3) is 0 Å². The number of piperazine rings is 1.